The van der Waals surface area contributed by atoms with E-state index in [4.69, 9.17) is 9.72 Å². The van der Waals surface area contributed by atoms with Crippen LogP contribution in [-0.4, -0.2) is 14.1 Å². The highest BCUT2D eigenvalue weighted by atomic mass is 16.5. The molecule has 0 aliphatic heterocycles. The van der Waals surface area contributed by atoms with E-state index in [1.165, 1.54) is 27.6 Å². The Balaban J connectivity index is 1.30. The predicted molar refractivity (Wildman–Crippen MR) is 196 cm³/mol. The number of aromatic nitrogens is 4. The van der Waals surface area contributed by atoms with Crippen LogP contribution in [0, 0.1) is 27.1 Å². The van der Waals surface area contributed by atoms with Gasteiger partial charge in [-0.3, -0.25) is 13.7 Å². The summed E-state index contributed by atoms with van der Waals surface area (Å²) in [7, 11) is 0. The van der Waals surface area contributed by atoms with Gasteiger partial charge in [0.05, 0.1) is 28.1 Å². The van der Waals surface area contributed by atoms with Gasteiger partial charge in [-0.2, -0.15) is 0 Å². The zero-order valence-electron chi connectivity index (χ0n) is 29.5. The molecule has 0 aliphatic rings. The van der Waals surface area contributed by atoms with E-state index in [9.17, 15) is 0 Å². The van der Waals surface area contributed by atoms with E-state index in [0.29, 0.717) is 0 Å². The number of para-hydroxylation sites is 1. The summed E-state index contributed by atoms with van der Waals surface area (Å²) in [6.07, 6.45) is 7.77. The lowest BCUT2D eigenvalue weighted by molar-refractivity contribution is -0.600. The molecule has 0 radical (unpaired) electrons. The third-order valence-corrected chi connectivity index (χ3v) is 9.34. The molecule has 0 bridgehead atoms. The van der Waals surface area contributed by atoms with Crippen LogP contribution in [0.25, 0.3) is 39.0 Å². The van der Waals surface area contributed by atoms with Crippen molar-refractivity contribution >= 4 is 21.8 Å². The number of imidazole rings is 1. The molecule has 3 heterocycles. The lowest BCUT2D eigenvalue weighted by atomic mass is 9.88. The maximum Gasteiger partial charge on any atom is 0.269 e. The Bertz CT molecular complexity index is 2320. The summed E-state index contributed by atoms with van der Waals surface area (Å²) < 4.78 is 13.2. The number of aryl methyl sites for hydroxylation is 3. The first-order valence-corrected chi connectivity index (χ1v) is 16.7. The minimum absolute atomic E-state index is 0.0108. The normalized spacial score (nSPS) is 12.3. The van der Waals surface area contributed by atoms with Crippen LogP contribution in [0.3, 0.4) is 0 Å². The molecule has 0 saturated heterocycles. The molecule has 0 spiro atoms. The van der Waals surface area contributed by atoms with Gasteiger partial charge in [0.2, 0.25) is 0 Å². The lowest BCUT2D eigenvalue weighted by Gasteiger charge is -2.21. The Morgan fingerprint density at radius 3 is 2.17 bits per heavy atom. The van der Waals surface area contributed by atoms with Crippen LogP contribution < -0.4 is 9.30 Å². The minimum Gasteiger partial charge on any atom is -0.458 e. The van der Waals surface area contributed by atoms with Gasteiger partial charge < -0.3 is 4.74 Å². The second-order valence-corrected chi connectivity index (χ2v) is 15.1. The van der Waals surface area contributed by atoms with E-state index < -0.39 is 0 Å². The molecule has 5 nitrogen and oxygen atoms in total. The van der Waals surface area contributed by atoms with Gasteiger partial charge in [0.15, 0.2) is 0 Å². The lowest BCUT2D eigenvalue weighted by Crippen LogP contribution is -2.30. The Morgan fingerprint density at radius 2 is 1.40 bits per heavy atom. The standard InChI is InChI=1S/C43H44N4O/c1-28-21-30(3)38(22-29(28)2)45-26-40(43(7,8)9)46(27-45)32-13-12-14-33(24-32)48-34-17-18-36-35-15-10-11-16-37(35)47(39(36)25-34)41-23-31(19-20-44-41)42(4,5)6/h10-26H,1-9H3. The number of benzene rings is 4. The van der Waals surface area contributed by atoms with Gasteiger partial charge in [0.1, 0.15) is 17.3 Å². The minimum atomic E-state index is -0.108. The van der Waals surface area contributed by atoms with Crippen molar-refractivity contribution in [3.05, 3.63) is 138 Å². The van der Waals surface area contributed by atoms with Gasteiger partial charge in [-0.05, 0) is 103 Å². The molecule has 5 heteroatoms. The zero-order chi connectivity index (χ0) is 34.0. The molecule has 0 amide bonds. The van der Waals surface area contributed by atoms with Crippen LogP contribution in [0.15, 0.2) is 103 Å². The summed E-state index contributed by atoms with van der Waals surface area (Å²) in [5.41, 5.74) is 10.4. The zero-order valence-corrected chi connectivity index (χ0v) is 29.5. The summed E-state index contributed by atoms with van der Waals surface area (Å²) >= 11 is 0. The average Bonchev–Trinajstić information content (AvgIpc) is 3.63. The van der Waals surface area contributed by atoms with Crippen LogP contribution >= 0.6 is 0 Å². The second-order valence-electron chi connectivity index (χ2n) is 15.1. The van der Waals surface area contributed by atoms with Crippen molar-refractivity contribution < 1.29 is 9.30 Å². The van der Waals surface area contributed by atoms with Crippen molar-refractivity contribution in [1.82, 2.24) is 14.1 Å². The molecule has 0 atom stereocenters. The van der Waals surface area contributed by atoms with E-state index in [1.54, 1.807) is 0 Å². The molecule has 0 unspecified atom stereocenters. The smallest absolute Gasteiger partial charge is 0.269 e. The SMILES string of the molecule is Cc1cc(C)c(-[n+]2[c-]n(-c3cccc(Oc4ccc5c6ccccc6n(-c6cc(C(C)(C)C)ccn6)c5c4)c3)c(C(C)(C)C)c2)cc1C. The molecule has 0 N–H and O–H groups in total. The Kier molecular flexibility index (Phi) is 7.54. The first kappa shape index (κ1) is 31.4. The quantitative estimate of drug-likeness (QED) is 0.140. The number of nitrogens with zero attached hydrogens (tertiary/aromatic N) is 4. The fourth-order valence-electron chi connectivity index (χ4n) is 6.51. The molecule has 4 aromatic carbocycles. The summed E-state index contributed by atoms with van der Waals surface area (Å²) in [6, 6.07) is 32.0. The van der Waals surface area contributed by atoms with E-state index in [-0.39, 0.29) is 10.8 Å². The van der Waals surface area contributed by atoms with Crippen LogP contribution in [0.5, 0.6) is 11.5 Å². The highest BCUT2D eigenvalue weighted by molar-refractivity contribution is 6.09. The fourth-order valence-corrected chi connectivity index (χ4v) is 6.51. The van der Waals surface area contributed by atoms with Crippen molar-refractivity contribution in [2.45, 2.75) is 73.1 Å². The highest BCUT2D eigenvalue weighted by Crippen LogP contribution is 2.36. The number of fused-ring (bicyclic) bond motifs is 3. The van der Waals surface area contributed by atoms with Crippen molar-refractivity contribution in [3.8, 4) is 28.7 Å². The Morgan fingerprint density at radius 1 is 0.667 bits per heavy atom. The highest BCUT2D eigenvalue weighted by Gasteiger charge is 2.23. The Labute approximate surface area is 284 Å². The molecule has 7 rings (SSSR count). The van der Waals surface area contributed by atoms with Gasteiger partial charge in [0.25, 0.3) is 6.33 Å². The molecule has 3 aromatic heterocycles. The van der Waals surface area contributed by atoms with E-state index in [0.717, 1.165) is 50.8 Å². The number of rotatable bonds is 5. The van der Waals surface area contributed by atoms with Crippen LogP contribution in [0.2, 0.25) is 0 Å². The molecule has 242 valence electrons. The first-order chi connectivity index (χ1) is 22.8. The van der Waals surface area contributed by atoms with Crippen LogP contribution in [0.4, 0.5) is 0 Å². The van der Waals surface area contributed by atoms with Gasteiger partial charge in [-0.1, -0.05) is 77.4 Å². The van der Waals surface area contributed by atoms with Crippen LogP contribution in [0.1, 0.15) is 69.5 Å². The van der Waals surface area contributed by atoms with Gasteiger partial charge in [-0.25, -0.2) is 4.98 Å². The third-order valence-electron chi connectivity index (χ3n) is 9.34. The van der Waals surface area contributed by atoms with E-state index in [1.807, 2.05) is 18.3 Å². The average molecular weight is 633 g/mol. The maximum atomic E-state index is 6.61. The Hall–Kier alpha value is -5.16. The molecule has 7 aromatic rings. The summed E-state index contributed by atoms with van der Waals surface area (Å²) in [5, 5.41) is 2.35. The van der Waals surface area contributed by atoms with Gasteiger partial charge in [-0.15, -0.1) is 0 Å². The maximum absolute atomic E-state index is 6.61. The molecule has 0 saturated carbocycles. The number of pyridine rings is 1. The van der Waals surface area contributed by atoms with Gasteiger partial charge >= 0.3 is 0 Å². The molecule has 48 heavy (non-hydrogen) atoms. The van der Waals surface area contributed by atoms with Crippen LogP contribution in [-0.2, 0) is 10.8 Å². The summed E-state index contributed by atoms with van der Waals surface area (Å²) in [6.45, 7) is 19.9. The largest absolute Gasteiger partial charge is 0.458 e. The molecule has 0 aliphatic carbocycles. The summed E-state index contributed by atoms with van der Waals surface area (Å²) in [5.74, 6) is 2.43. The fraction of sp³-hybridized carbons (Fsp3) is 0.256. The predicted octanol–water partition coefficient (Wildman–Crippen LogP) is 10.4. The number of ether oxygens (including phenoxy) is 1. The van der Waals surface area contributed by atoms with Crippen molar-refractivity contribution in [1.29, 1.82) is 0 Å². The molecule has 0 fully saturated rings. The first-order valence-electron chi connectivity index (χ1n) is 16.7. The monoisotopic (exact) mass is 632 g/mol. The molecular formula is C43H44N4O. The number of hydrogen-bond acceptors (Lipinski definition) is 2. The third kappa shape index (κ3) is 5.68. The second kappa shape index (κ2) is 11.5. The topological polar surface area (TPSA) is 35.9 Å². The number of hydrogen-bond donors (Lipinski definition) is 0. The van der Waals surface area contributed by atoms with Crippen molar-refractivity contribution in [2.75, 3.05) is 0 Å². The van der Waals surface area contributed by atoms with E-state index in [2.05, 4.69) is 167 Å². The summed E-state index contributed by atoms with van der Waals surface area (Å²) in [4.78, 5) is 4.83. The van der Waals surface area contributed by atoms with Gasteiger partial charge in [0, 0.05) is 29.2 Å². The van der Waals surface area contributed by atoms with Crippen molar-refractivity contribution in [3.63, 3.8) is 0 Å². The molecular weight excluding hydrogens is 589 g/mol. The van der Waals surface area contributed by atoms with E-state index >= 15 is 0 Å². The van der Waals surface area contributed by atoms with Crippen molar-refractivity contribution in [2.24, 2.45) is 0 Å².